The first-order chi connectivity index (χ1) is 12.8. The number of aliphatic imine (C=N–C) groups is 1. The number of imidazole rings is 1. The predicted molar refractivity (Wildman–Crippen MR) is 123 cm³/mol. The average Bonchev–Trinajstić information content (AvgIpc) is 3.26. The number of aryl methyl sites for hydroxylation is 1. The van der Waals surface area contributed by atoms with Crippen molar-refractivity contribution in [2.75, 3.05) is 26.7 Å². The number of nitrogens with zero attached hydrogens (tertiary/aromatic N) is 3. The summed E-state index contributed by atoms with van der Waals surface area (Å²) in [4.78, 5) is 15.1. The van der Waals surface area contributed by atoms with Crippen LogP contribution in [0, 0.1) is 5.41 Å². The molecule has 2 fully saturated rings. The van der Waals surface area contributed by atoms with E-state index in [1.54, 1.807) is 0 Å². The average molecular weight is 481 g/mol. The number of benzene rings is 1. The van der Waals surface area contributed by atoms with Gasteiger partial charge in [-0.3, -0.25) is 4.99 Å². The third-order valence-electron chi connectivity index (χ3n) is 6.18. The molecule has 4 rings (SSSR count). The predicted octanol–water partition coefficient (Wildman–Crippen LogP) is 4.35. The van der Waals surface area contributed by atoms with Gasteiger partial charge in [0.2, 0.25) is 0 Å². The van der Waals surface area contributed by atoms with Crippen LogP contribution in [0.4, 0.5) is 0 Å². The Balaban J connectivity index is 0.00000210. The fourth-order valence-electron chi connectivity index (χ4n) is 4.74. The standard InChI is InChI=1S/C21H31N5.HI/c1-22-20(26-15-13-21(16-26)11-5-2-6-12-21)23-14-7-10-19-24-17-8-3-4-9-18(17)25-19;/h3-4,8-9H,2,5-7,10-16H2,1H3,(H,22,23)(H,24,25);1H. The van der Waals surface area contributed by atoms with E-state index in [-0.39, 0.29) is 24.0 Å². The minimum absolute atomic E-state index is 0. The van der Waals surface area contributed by atoms with E-state index in [1.165, 1.54) is 45.1 Å². The molecular formula is C21H32IN5. The van der Waals surface area contributed by atoms with Crippen LogP contribution in [0.5, 0.6) is 0 Å². The summed E-state index contributed by atoms with van der Waals surface area (Å²) in [7, 11) is 1.91. The lowest BCUT2D eigenvalue weighted by Crippen LogP contribution is -2.42. The van der Waals surface area contributed by atoms with Crippen molar-refractivity contribution in [1.82, 2.24) is 20.2 Å². The van der Waals surface area contributed by atoms with Crippen LogP contribution >= 0.6 is 24.0 Å². The van der Waals surface area contributed by atoms with E-state index in [1.807, 2.05) is 19.2 Å². The van der Waals surface area contributed by atoms with Crippen LogP contribution in [0.15, 0.2) is 29.3 Å². The van der Waals surface area contributed by atoms with Crippen molar-refractivity contribution in [3.05, 3.63) is 30.1 Å². The van der Waals surface area contributed by atoms with Crippen molar-refractivity contribution in [1.29, 1.82) is 0 Å². The van der Waals surface area contributed by atoms with Gasteiger partial charge in [0.15, 0.2) is 5.96 Å². The van der Waals surface area contributed by atoms with E-state index < -0.39 is 0 Å². The van der Waals surface area contributed by atoms with Crippen molar-refractivity contribution in [3.63, 3.8) is 0 Å². The Morgan fingerprint density at radius 2 is 2.04 bits per heavy atom. The number of guanidine groups is 1. The van der Waals surface area contributed by atoms with Crippen molar-refractivity contribution in [3.8, 4) is 0 Å². The molecule has 1 aliphatic heterocycles. The summed E-state index contributed by atoms with van der Waals surface area (Å²) < 4.78 is 0. The first kappa shape index (κ1) is 20.4. The van der Waals surface area contributed by atoms with Gasteiger partial charge in [-0.15, -0.1) is 24.0 Å². The highest BCUT2D eigenvalue weighted by molar-refractivity contribution is 14.0. The number of nitrogens with one attached hydrogen (secondary N) is 2. The Hall–Kier alpha value is -1.31. The third kappa shape index (κ3) is 4.76. The quantitative estimate of drug-likeness (QED) is 0.296. The zero-order chi connectivity index (χ0) is 17.8. The molecule has 2 aliphatic rings. The molecule has 0 unspecified atom stereocenters. The minimum Gasteiger partial charge on any atom is -0.356 e. The van der Waals surface area contributed by atoms with E-state index >= 15 is 0 Å². The highest BCUT2D eigenvalue weighted by atomic mass is 127. The van der Waals surface area contributed by atoms with Crippen molar-refractivity contribution in [2.24, 2.45) is 10.4 Å². The molecule has 27 heavy (non-hydrogen) atoms. The SMILES string of the molecule is CN=C(NCCCc1nc2ccccc2[nH]1)N1CCC2(CCCCC2)C1.I. The van der Waals surface area contributed by atoms with Gasteiger partial charge in [0.05, 0.1) is 11.0 Å². The Morgan fingerprint density at radius 1 is 1.22 bits per heavy atom. The summed E-state index contributed by atoms with van der Waals surface area (Å²) in [5.41, 5.74) is 2.76. The first-order valence-corrected chi connectivity index (χ1v) is 10.2. The zero-order valence-electron chi connectivity index (χ0n) is 16.3. The number of para-hydroxylation sites is 2. The molecule has 1 aromatic heterocycles. The highest BCUT2D eigenvalue weighted by Gasteiger charge is 2.39. The molecule has 2 N–H and O–H groups in total. The van der Waals surface area contributed by atoms with Gasteiger partial charge in [-0.05, 0) is 43.2 Å². The Labute approximate surface area is 179 Å². The molecule has 1 saturated heterocycles. The number of likely N-dealkylation sites (tertiary alicyclic amines) is 1. The highest BCUT2D eigenvalue weighted by Crippen LogP contribution is 2.43. The van der Waals surface area contributed by atoms with Gasteiger partial charge in [-0.25, -0.2) is 4.98 Å². The topological polar surface area (TPSA) is 56.3 Å². The van der Waals surface area contributed by atoms with Crippen LogP contribution in [0.1, 0.15) is 50.8 Å². The Bertz CT molecular complexity index is 730. The maximum Gasteiger partial charge on any atom is 0.193 e. The summed E-state index contributed by atoms with van der Waals surface area (Å²) in [6.45, 7) is 3.28. The van der Waals surface area contributed by atoms with Gasteiger partial charge in [-0.1, -0.05) is 31.4 Å². The molecule has 0 atom stereocenters. The molecule has 1 aliphatic carbocycles. The van der Waals surface area contributed by atoms with Gasteiger partial charge >= 0.3 is 0 Å². The van der Waals surface area contributed by atoms with E-state index in [4.69, 9.17) is 0 Å². The summed E-state index contributed by atoms with van der Waals surface area (Å²) in [6.07, 6.45) is 10.4. The molecule has 5 nitrogen and oxygen atoms in total. The summed E-state index contributed by atoms with van der Waals surface area (Å²) in [5.74, 6) is 2.15. The first-order valence-electron chi connectivity index (χ1n) is 10.2. The fourth-order valence-corrected chi connectivity index (χ4v) is 4.74. The molecule has 0 radical (unpaired) electrons. The van der Waals surface area contributed by atoms with Crippen molar-refractivity contribution >= 4 is 41.0 Å². The monoisotopic (exact) mass is 481 g/mol. The largest absolute Gasteiger partial charge is 0.356 e. The fraction of sp³-hybridized carbons (Fsp3) is 0.619. The van der Waals surface area contributed by atoms with E-state index in [0.717, 1.165) is 48.7 Å². The number of halogens is 1. The number of hydrogen-bond acceptors (Lipinski definition) is 2. The van der Waals surface area contributed by atoms with Crippen molar-refractivity contribution in [2.45, 2.75) is 51.4 Å². The number of H-pyrrole nitrogens is 1. The lowest BCUT2D eigenvalue weighted by Gasteiger charge is -2.33. The van der Waals surface area contributed by atoms with Gasteiger partial charge in [-0.2, -0.15) is 0 Å². The normalized spacial score (nSPS) is 19.4. The van der Waals surface area contributed by atoms with Crippen LogP contribution in [-0.2, 0) is 6.42 Å². The Morgan fingerprint density at radius 3 is 2.81 bits per heavy atom. The number of aromatic nitrogens is 2. The minimum atomic E-state index is 0. The van der Waals surface area contributed by atoms with Crippen LogP contribution in [-0.4, -0.2) is 47.5 Å². The van der Waals surface area contributed by atoms with E-state index in [0.29, 0.717) is 5.41 Å². The molecule has 1 saturated carbocycles. The zero-order valence-corrected chi connectivity index (χ0v) is 18.7. The molecule has 0 amide bonds. The molecule has 148 valence electrons. The second kappa shape index (κ2) is 9.26. The van der Waals surface area contributed by atoms with Gasteiger partial charge in [0, 0.05) is 33.1 Å². The number of aromatic amines is 1. The molecule has 1 spiro atoms. The maximum atomic E-state index is 4.66. The second-order valence-electron chi connectivity index (χ2n) is 8.01. The number of fused-ring (bicyclic) bond motifs is 1. The van der Waals surface area contributed by atoms with Crippen LogP contribution in [0.2, 0.25) is 0 Å². The van der Waals surface area contributed by atoms with Crippen LogP contribution in [0.25, 0.3) is 11.0 Å². The molecule has 2 aromatic rings. The van der Waals surface area contributed by atoms with E-state index in [9.17, 15) is 0 Å². The summed E-state index contributed by atoms with van der Waals surface area (Å²) in [5, 5.41) is 3.57. The summed E-state index contributed by atoms with van der Waals surface area (Å²) >= 11 is 0. The van der Waals surface area contributed by atoms with Crippen LogP contribution < -0.4 is 5.32 Å². The lowest BCUT2D eigenvalue weighted by molar-refractivity contribution is 0.203. The molecule has 6 heteroatoms. The van der Waals surface area contributed by atoms with Gasteiger partial charge in [0.1, 0.15) is 5.82 Å². The smallest absolute Gasteiger partial charge is 0.193 e. The van der Waals surface area contributed by atoms with E-state index in [2.05, 4.69) is 37.3 Å². The second-order valence-corrected chi connectivity index (χ2v) is 8.01. The van der Waals surface area contributed by atoms with Crippen LogP contribution in [0.3, 0.4) is 0 Å². The van der Waals surface area contributed by atoms with Crippen molar-refractivity contribution < 1.29 is 0 Å². The Kier molecular flexibility index (Phi) is 7.00. The maximum absolute atomic E-state index is 4.66. The van der Waals surface area contributed by atoms with Gasteiger partial charge < -0.3 is 15.2 Å². The van der Waals surface area contributed by atoms with Gasteiger partial charge in [0.25, 0.3) is 0 Å². The molecule has 0 bridgehead atoms. The number of rotatable bonds is 4. The third-order valence-corrected chi connectivity index (χ3v) is 6.18. The molecular weight excluding hydrogens is 449 g/mol. The molecule has 2 heterocycles. The number of hydrogen-bond donors (Lipinski definition) is 2. The lowest BCUT2D eigenvalue weighted by atomic mass is 9.73. The molecule has 1 aromatic carbocycles. The summed E-state index contributed by atoms with van der Waals surface area (Å²) in [6, 6.07) is 8.23.